The lowest BCUT2D eigenvalue weighted by Gasteiger charge is -2.29. The summed E-state index contributed by atoms with van der Waals surface area (Å²) in [6.45, 7) is 3.49. The molecule has 1 saturated heterocycles. The van der Waals surface area contributed by atoms with Gasteiger partial charge in [-0.05, 0) is 99.4 Å². The molecule has 2 aromatic carbocycles. The van der Waals surface area contributed by atoms with Crippen molar-refractivity contribution in [3.63, 3.8) is 0 Å². The zero-order valence-corrected chi connectivity index (χ0v) is 30.1. The summed E-state index contributed by atoms with van der Waals surface area (Å²) in [5, 5.41) is 1.77. The number of aryl methyl sites for hydroxylation is 1. The SMILES string of the molecule is Cc1cc(C[C@H]2CCCCC/C=C\[C@@H]3C[C@@]3(C(=O)NS(=O)(=O)C3(C)CC3)CC(=O)[C@@H]3C[C@@H](Oc4nccc5ccccc45)CN3C2=O)ccc1F. The van der Waals surface area contributed by atoms with E-state index >= 15 is 0 Å². The summed E-state index contributed by atoms with van der Waals surface area (Å²) in [5.41, 5.74) is 0.154. The molecule has 0 unspecified atom stereocenters. The minimum Gasteiger partial charge on any atom is -0.472 e. The molecule has 3 fully saturated rings. The summed E-state index contributed by atoms with van der Waals surface area (Å²) in [6.07, 6.45) is 10.9. The van der Waals surface area contributed by atoms with E-state index in [0.717, 1.165) is 42.0 Å². The number of Topliss-reactive ketones (excluding diaryl/α,β-unsaturated/α-hetero) is 1. The highest BCUT2D eigenvalue weighted by Crippen LogP contribution is 2.57. The first-order valence-electron chi connectivity index (χ1n) is 18.2. The zero-order chi connectivity index (χ0) is 36.0. The standard InChI is InChI=1S/C40H46FN3O6S/c1-26-20-27(14-15-33(26)41)21-29-11-6-4-3-5-7-12-30-23-40(30,38(47)43-51(48,49)39(2)17-18-39)24-35(45)34-22-31(25-44(34)37(29)46)50-36-32-13-9-8-10-28(32)16-19-42-36/h7-10,12-16,19-20,29-31,34H,3-6,11,17-18,21-25H2,1-2H3,(H,43,47)/b12-7-/t29-,30-,31-,34+,40-/m1/s1. The molecule has 270 valence electrons. The number of ketones is 1. The molecular weight excluding hydrogens is 670 g/mol. The normalized spacial score (nSPS) is 28.6. The first kappa shape index (κ1) is 35.3. The Bertz CT molecular complexity index is 1990. The minimum atomic E-state index is -3.91. The highest BCUT2D eigenvalue weighted by atomic mass is 32.2. The van der Waals surface area contributed by atoms with E-state index in [1.807, 2.05) is 42.5 Å². The van der Waals surface area contributed by atoms with Crippen molar-refractivity contribution in [2.75, 3.05) is 6.54 Å². The van der Waals surface area contributed by atoms with E-state index in [-0.39, 0.29) is 42.8 Å². The third kappa shape index (κ3) is 7.19. The summed E-state index contributed by atoms with van der Waals surface area (Å²) in [4.78, 5) is 49.1. The van der Waals surface area contributed by atoms with Crippen molar-refractivity contribution in [2.24, 2.45) is 17.3 Å². The summed E-state index contributed by atoms with van der Waals surface area (Å²) in [5.74, 6) is -1.71. The molecule has 9 nitrogen and oxygen atoms in total. The third-order valence-corrected chi connectivity index (χ3v) is 13.7. The van der Waals surface area contributed by atoms with Crippen LogP contribution in [-0.2, 0) is 30.8 Å². The van der Waals surface area contributed by atoms with Crippen LogP contribution in [0.15, 0.2) is 66.9 Å². The third-order valence-electron chi connectivity index (χ3n) is 11.6. The number of amides is 2. The quantitative estimate of drug-likeness (QED) is 0.282. The molecule has 2 saturated carbocycles. The maximum Gasteiger partial charge on any atom is 0.240 e. The number of fused-ring (bicyclic) bond motifs is 3. The Labute approximate surface area is 299 Å². The maximum atomic E-state index is 14.6. The van der Waals surface area contributed by atoms with Gasteiger partial charge in [0.1, 0.15) is 11.9 Å². The van der Waals surface area contributed by atoms with Crippen molar-refractivity contribution in [3.05, 3.63) is 83.8 Å². The second kappa shape index (κ2) is 13.8. The Morgan fingerprint density at radius 2 is 1.90 bits per heavy atom. The number of aromatic nitrogens is 1. The van der Waals surface area contributed by atoms with Gasteiger partial charge in [-0.15, -0.1) is 0 Å². The van der Waals surface area contributed by atoms with Crippen LogP contribution in [0.3, 0.4) is 0 Å². The molecule has 0 bridgehead atoms. The fraction of sp³-hybridized carbons (Fsp3) is 0.500. The molecule has 4 aliphatic rings. The smallest absolute Gasteiger partial charge is 0.240 e. The summed E-state index contributed by atoms with van der Waals surface area (Å²) in [6, 6.07) is 13.7. The van der Waals surface area contributed by atoms with Crippen molar-refractivity contribution in [2.45, 2.75) is 101 Å². The predicted octanol–water partition coefficient (Wildman–Crippen LogP) is 6.37. The lowest BCUT2D eigenvalue weighted by Crippen LogP contribution is -2.47. The van der Waals surface area contributed by atoms with Crippen molar-refractivity contribution >= 4 is 38.4 Å². The molecule has 2 amide bonds. The van der Waals surface area contributed by atoms with Gasteiger partial charge in [-0.1, -0.05) is 55.3 Å². The van der Waals surface area contributed by atoms with Gasteiger partial charge < -0.3 is 9.64 Å². The van der Waals surface area contributed by atoms with E-state index in [2.05, 4.69) is 9.71 Å². The molecule has 0 radical (unpaired) electrons. The fourth-order valence-corrected chi connectivity index (χ4v) is 9.22. The fourth-order valence-electron chi connectivity index (χ4n) is 7.88. The molecule has 7 rings (SSSR count). The number of benzene rings is 2. The Morgan fingerprint density at radius 1 is 1.10 bits per heavy atom. The van der Waals surface area contributed by atoms with E-state index in [4.69, 9.17) is 4.74 Å². The zero-order valence-electron chi connectivity index (χ0n) is 29.3. The number of ether oxygens (including phenoxy) is 1. The Hall–Kier alpha value is -4.12. The van der Waals surface area contributed by atoms with Gasteiger partial charge in [-0.25, -0.2) is 17.8 Å². The van der Waals surface area contributed by atoms with Crippen LogP contribution in [-0.4, -0.2) is 59.3 Å². The van der Waals surface area contributed by atoms with Gasteiger partial charge in [0.15, 0.2) is 5.78 Å². The summed E-state index contributed by atoms with van der Waals surface area (Å²) >= 11 is 0. The number of hydrogen-bond acceptors (Lipinski definition) is 7. The van der Waals surface area contributed by atoms with E-state index in [0.29, 0.717) is 43.5 Å². The average molecular weight is 716 g/mol. The molecule has 51 heavy (non-hydrogen) atoms. The summed E-state index contributed by atoms with van der Waals surface area (Å²) < 4.78 is 48.3. The number of nitrogens with one attached hydrogen (secondary N) is 1. The first-order valence-corrected chi connectivity index (χ1v) is 19.7. The highest BCUT2D eigenvalue weighted by molar-refractivity contribution is 7.91. The number of sulfonamides is 1. The Morgan fingerprint density at radius 3 is 2.69 bits per heavy atom. The number of nitrogens with zero attached hydrogens (tertiary/aromatic N) is 2. The molecule has 1 aromatic heterocycles. The highest BCUT2D eigenvalue weighted by Gasteiger charge is 2.62. The van der Waals surface area contributed by atoms with E-state index in [1.165, 1.54) is 6.07 Å². The van der Waals surface area contributed by atoms with Gasteiger partial charge in [0.25, 0.3) is 0 Å². The lowest BCUT2D eigenvalue weighted by atomic mass is 9.89. The molecule has 3 heterocycles. The number of hydrogen-bond donors (Lipinski definition) is 1. The maximum absolute atomic E-state index is 14.6. The van der Waals surface area contributed by atoms with Gasteiger partial charge in [0.2, 0.25) is 27.7 Å². The Kier molecular flexibility index (Phi) is 9.54. The number of rotatable bonds is 7. The van der Waals surface area contributed by atoms with E-state index in [9.17, 15) is 27.2 Å². The van der Waals surface area contributed by atoms with E-state index < -0.39 is 44.2 Å². The van der Waals surface area contributed by atoms with Crippen LogP contribution in [0.2, 0.25) is 0 Å². The molecule has 2 aliphatic heterocycles. The van der Waals surface area contributed by atoms with Gasteiger partial charge in [-0.3, -0.25) is 19.1 Å². The number of allylic oxidation sites excluding steroid dienone is 2. The molecule has 0 spiro atoms. The van der Waals surface area contributed by atoms with Crippen LogP contribution in [0.4, 0.5) is 4.39 Å². The van der Waals surface area contributed by atoms with Crippen LogP contribution in [0.5, 0.6) is 5.88 Å². The predicted molar refractivity (Wildman–Crippen MR) is 192 cm³/mol. The van der Waals surface area contributed by atoms with Gasteiger partial charge >= 0.3 is 0 Å². The van der Waals surface area contributed by atoms with Gasteiger partial charge in [0, 0.05) is 30.3 Å². The lowest BCUT2D eigenvalue weighted by molar-refractivity contribution is -0.142. The number of carbonyl (C=O) groups excluding carboxylic acids is 3. The monoisotopic (exact) mass is 715 g/mol. The van der Waals surface area contributed by atoms with Crippen molar-refractivity contribution in [1.29, 1.82) is 0 Å². The molecule has 1 N–H and O–H groups in total. The molecular formula is C40H46FN3O6S. The van der Waals surface area contributed by atoms with Gasteiger partial charge in [-0.2, -0.15) is 0 Å². The van der Waals surface area contributed by atoms with Crippen molar-refractivity contribution in [1.82, 2.24) is 14.6 Å². The van der Waals surface area contributed by atoms with Crippen LogP contribution in [0, 0.1) is 30.0 Å². The van der Waals surface area contributed by atoms with Crippen molar-refractivity contribution < 1.29 is 31.9 Å². The topological polar surface area (TPSA) is 123 Å². The molecule has 3 aromatic rings. The molecule has 5 atom stereocenters. The average Bonchev–Trinajstić information content (AvgIpc) is 3.98. The largest absolute Gasteiger partial charge is 0.472 e. The van der Waals surface area contributed by atoms with Crippen LogP contribution in [0.25, 0.3) is 10.8 Å². The Balaban J connectivity index is 1.20. The van der Waals surface area contributed by atoms with E-state index in [1.54, 1.807) is 37.1 Å². The number of carbonyl (C=O) groups is 3. The van der Waals surface area contributed by atoms with Crippen molar-refractivity contribution in [3.8, 4) is 5.88 Å². The van der Waals surface area contributed by atoms with Crippen LogP contribution in [0.1, 0.15) is 82.3 Å². The number of halogens is 1. The van der Waals surface area contributed by atoms with Crippen LogP contribution < -0.4 is 9.46 Å². The molecule has 11 heteroatoms. The van der Waals surface area contributed by atoms with Gasteiger partial charge in [0.05, 0.1) is 22.7 Å². The summed E-state index contributed by atoms with van der Waals surface area (Å²) in [7, 11) is -3.91. The minimum absolute atomic E-state index is 0.161. The first-order chi connectivity index (χ1) is 24.4. The second-order valence-corrected chi connectivity index (χ2v) is 17.6. The molecule has 2 aliphatic carbocycles. The van der Waals surface area contributed by atoms with Crippen LogP contribution >= 0.6 is 0 Å². The number of pyridine rings is 1. The second-order valence-electron chi connectivity index (χ2n) is 15.4.